The molecule has 0 radical (unpaired) electrons. The number of rotatable bonds is 8. The van der Waals surface area contributed by atoms with Gasteiger partial charge >= 0.3 is 5.97 Å². The molecule has 0 aromatic rings. The van der Waals surface area contributed by atoms with Gasteiger partial charge in [0, 0.05) is 5.41 Å². The predicted molar refractivity (Wildman–Crippen MR) is 140 cm³/mol. The SMILES string of the molecule is CC(=O)[C@@]1(O)CC[C@H]2[C@@H]3CCC4=C/C(=N/OCC(=O)NC(CC(C)C)C(=O)O)CC[C@]4(C)[C@H]3CC[C@@]21C. The molecule has 4 aliphatic carbocycles. The van der Waals surface area contributed by atoms with Crippen LogP contribution >= 0.6 is 0 Å². The number of hydrogen-bond donors (Lipinski definition) is 3. The van der Waals surface area contributed by atoms with Crippen molar-refractivity contribution in [2.45, 2.75) is 104 Å². The van der Waals surface area contributed by atoms with Crippen molar-refractivity contribution in [1.29, 1.82) is 0 Å². The van der Waals surface area contributed by atoms with Gasteiger partial charge in [0.15, 0.2) is 12.4 Å². The first-order chi connectivity index (χ1) is 17.3. The van der Waals surface area contributed by atoms with Gasteiger partial charge in [-0.15, -0.1) is 0 Å². The van der Waals surface area contributed by atoms with Gasteiger partial charge in [-0.2, -0.15) is 0 Å². The van der Waals surface area contributed by atoms with E-state index in [1.807, 2.05) is 13.8 Å². The quantitative estimate of drug-likeness (QED) is 0.414. The summed E-state index contributed by atoms with van der Waals surface area (Å²) in [7, 11) is 0. The molecule has 3 saturated carbocycles. The van der Waals surface area contributed by atoms with Crippen LogP contribution in [0.2, 0.25) is 0 Å². The van der Waals surface area contributed by atoms with E-state index in [1.54, 1.807) is 6.92 Å². The molecule has 0 bridgehead atoms. The van der Waals surface area contributed by atoms with Crippen molar-refractivity contribution < 1.29 is 29.4 Å². The third-order valence-electron chi connectivity index (χ3n) is 10.4. The summed E-state index contributed by atoms with van der Waals surface area (Å²) in [4.78, 5) is 41.3. The highest BCUT2D eigenvalue weighted by Gasteiger charge is 2.65. The second-order valence-corrected chi connectivity index (χ2v) is 12.9. The zero-order valence-electron chi connectivity index (χ0n) is 23.0. The predicted octanol–water partition coefficient (Wildman–Crippen LogP) is 4.26. The van der Waals surface area contributed by atoms with E-state index in [0.29, 0.717) is 30.6 Å². The van der Waals surface area contributed by atoms with Crippen LogP contribution in [-0.2, 0) is 19.2 Å². The van der Waals surface area contributed by atoms with Crippen molar-refractivity contribution in [1.82, 2.24) is 5.32 Å². The first-order valence-electron chi connectivity index (χ1n) is 14.0. The number of allylic oxidation sites excluding steroid dienone is 2. The molecule has 0 aliphatic heterocycles. The Kier molecular flexibility index (Phi) is 7.63. The maximum Gasteiger partial charge on any atom is 0.326 e. The number of Topliss-reactive ketones (excluding diaryl/α,β-unsaturated/α-hetero) is 1. The molecular weight excluding hydrogens is 472 g/mol. The lowest BCUT2D eigenvalue weighted by Crippen LogP contribution is -2.57. The molecule has 4 aliphatic rings. The first-order valence-corrected chi connectivity index (χ1v) is 14.0. The number of nitrogens with zero attached hydrogens (tertiary/aromatic N) is 1. The van der Waals surface area contributed by atoms with Crippen molar-refractivity contribution >= 4 is 23.4 Å². The molecule has 3 N–H and O–H groups in total. The Bertz CT molecular complexity index is 1000. The van der Waals surface area contributed by atoms with E-state index in [9.17, 15) is 24.6 Å². The van der Waals surface area contributed by atoms with Crippen LogP contribution in [0.4, 0.5) is 0 Å². The van der Waals surface area contributed by atoms with E-state index < -0.39 is 23.5 Å². The van der Waals surface area contributed by atoms with Gasteiger partial charge < -0.3 is 20.4 Å². The van der Waals surface area contributed by atoms with Crippen LogP contribution in [0.3, 0.4) is 0 Å². The fourth-order valence-electron chi connectivity index (χ4n) is 8.34. The number of carboxylic acids is 1. The van der Waals surface area contributed by atoms with Crippen molar-refractivity contribution in [3.63, 3.8) is 0 Å². The van der Waals surface area contributed by atoms with Gasteiger partial charge in [0.2, 0.25) is 0 Å². The Morgan fingerprint density at radius 3 is 2.46 bits per heavy atom. The van der Waals surface area contributed by atoms with Crippen LogP contribution in [0.15, 0.2) is 16.8 Å². The fraction of sp³-hybridized carbons (Fsp3) is 0.793. The van der Waals surface area contributed by atoms with Gasteiger partial charge in [-0.1, -0.05) is 38.4 Å². The number of nitrogens with one attached hydrogen (secondary N) is 1. The molecule has 37 heavy (non-hydrogen) atoms. The number of aliphatic hydroxyl groups is 1. The molecule has 0 aromatic carbocycles. The average molecular weight is 517 g/mol. The third kappa shape index (κ3) is 4.86. The second kappa shape index (κ2) is 10.2. The number of ketones is 1. The van der Waals surface area contributed by atoms with E-state index in [2.05, 4.69) is 30.4 Å². The molecule has 7 atom stereocenters. The van der Waals surface area contributed by atoms with Crippen LogP contribution in [0.1, 0.15) is 92.4 Å². The Balaban J connectivity index is 1.40. The number of carboxylic acid groups (broad SMARTS) is 1. The molecule has 0 aromatic heterocycles. The molecule has 0 saturated heterocycles. The molecule has 0 spiro atoms. The normalized spacial score (nSPS) is 38.7. The van der Waals surface area contributed by atoms with Crippen LogP contribution < -0.4 is 5.32 Å². The third-order valence-corrected chi connectivity index (χ3v) is 10.4. The molecule has 1 amide bonds. The highest BCUT2D eigenvalue weighted by Crippen LogP contribution is 2.67. The van der Waals surface area contributed by atoms with Gasteiger partial charge in [-0.3, -0.25) is 9.59 Å². The van der Waals surface area contributed by atoms with Gasteiger partial charge in [0.05, 0.1) is 5.71 Å². The summed E-state index contributed by atoms with van der Waals surface area (Å²) in [6.07, 6.45) is 9.66. The molecule has 206 valence electrons. The number of aliphatic carboxylic acids is 1. The Hall–Kier alpha value is -2.22. The van der Waals surface area contributed by atoms with Gasteiger partial charge in [-0.05, 0) is 99.9 Å². The van der Waals surface area contributed by atoms with Crippen molar-refractivity contribution in [3.8, 4) is 0 Å². The van der Waals surface area contributed by atoms with E-state index in [0.717, 1.165) is 50.7 Å². The number of oxime groups is 1. The zero-order chi connectivity index (χ0) is 27.2. The monoisotopic (exact) mass is 516 g/mol. The number of carbonyl (C=O) groups is 3. The van der Waals surface area contributed by atoms with Crippen molar-refractivity contribution in [3.05, 3.63) is 11.6 Å². The lowest BCUT2D eigenvalue weighted by atomic mass is 9.46. The van der Waals surface area contributed by atoms with E-state index in [-0.39, 0.29) is 29.1 Å². The van der Waals surface area contributed by atoms with E-state index in [4.69, 9.17) is 4.84 Å². The second-order valence-electron chi connectivity index (χ2n) is 12.9. The standard InChI is InChI=1S/C29H44N2O6/c1-17(2)14-24(26(34)35)30-25(33)16-37-31-20-8-11-27(4)19(15-20)6-7-21-22(27)9-12-28(5)23(21)10-13-29(28,36)18(3)32/h15,17,21-24,36H,6-14,16H2,1-5H3,(H,30,33)(H,34,35)/b31-20+/t21-,22+,23+,24?,27+,28+,29+/m1/s1. The van der Waals surface area contributed by atoms with Crippen molar-refractivity contribution in [2.24, 2.45) is 39.7 Å². The minimum Gasteiger partial charge on any atom is -0.480 e. The van der Waals surface area contributed by atoms with Gasteiger partial charge in [0.1, 0.15) is 11.6 Å². The highest BCUT2D eigenvalue weighted by atomic mass is 16.6. The fourth-order valence-corrected chi connectivity index (χ4v) is 8.34. The molecule has 3 fully saturated rings. The van der Waals surface area contributed by atoms with Crippen LogP contribution in [0.25, 0.3) is 0 Å². The zero-order valence-corrected chi connectivity index (χ0v) is 23.0. The maximum absolute atomic E-state index is 12.4. The minimum atomic E-state index is -1.19. The van der Waals surface area contributed by atoms with Gasteiger partial charge in [0.25, 0.3) is 5.91 Å². The molecule has 8 heteroatoms. The van der Waals surface area contributed by atoms with Crippen molar-refractivity contribution in [2.75, 3.05) is 6.61 Å². The summed E-state index contributed by atoms with van der Waals surface area (Å²) in [6, 6.07) is -0.930. The Morgan fingerprint density at radius 1 is 1.11 bits per heavy atom. The summed E-state index contributed by atoms with van der Waals surface area (Å²) < 4.78 is 0. The summed E-state index contributed by atoms with van der Waals surface area (Å²) >= 11 is 0. The largest absolute Gasteiger partial charge is 0.480 e. The Morgan fingerprint density at radius 2 is 1.81 bits per heavy atom. The lowest BCUT2D eigenvalue weighted by Gasteiger charge is -2.59. The van der Waals surface area contributed by atoms with E-state index >= 15 is 0 Å². The molecule has 1 unspecified atom stereocenters. The summed E-state index contributed by atoms with van der Waals surface area (Å²) in [5.41, 5.74) is 0.765. The molecule has 0 heterocycles. The lowest BCUT2D eigenvalue weighted by molar-refractivity contribution is -0.159. The Labute approximate surface area is 220 Å². The number of hydrogen-bond acceptors (Lipinski definition) is 6. The number of amides is 1. The number of carbonyl (C=O) groups excluding carboxylic acids is 2. The van der Waals surface area contributed by atoms with E-state index in [1.165, 1.54) is 5.57 Å². The van der Waals surface area contributed by atoms with Crippen LogP contribution in [0.5, 0.6) is 0 Å². The van der Waals surface area contributed by atoms with Gasteiger partial charge in [-0.25, -0.2) is 4.79 Å². The summed E-state index contributed by atoms with van der Waals surface area (Å²) in [5, 5.41) is 27.4. The highest BCUT2D eigenvalue weighted by molar-refractivity contribution is 5.96. The number of fused-ring (bicyclic) bond motifs is 5. The first kappa shape index (κ1) is 27.8. The molecule has 8 nitrogen and oxygen atoms in total. The van der Waals surface area contributed by atoms with Crippen LogP contribution in [0, 0.1) is 34.5 Å². The topological polar surface area (TPSA) is 125 Å². The molecular formula is C29H44N2O6. The molecule has 4 rings (SSSR count). The smallest absolute Gasteiger partial charge is 0.326 e. The summed E-state index contributed by atoms with van der Waals surface area (Å²) in [5.74, 6) is -0.0502. The summed E-state index contributed by atoms with van der Waals surface area (Å²) in [6.45, 7) is 9.58. The minimum absolute atomic E-state index is 0.0725. The maximum atomic E-state index is 12.4. The van der Waals surface area contributed by atoms with Crippen LogP contribution in [-0.4, -0.2) is 51.8 Å². The average Bonchev–Trinajstić information content (AvgIpc) is 3.10.